The number of aliphatic hydroxyl groups is 1. The summed E-state index contributed by atoms with van der Waals surface area (Å²) < 4.78 is 10.1. The van der Waals surface area contributed by atoms with Crippen molar-refractivity contribution in [2.75, 3.05) is 7.11 Å². The molecule has 1 N–H and O–H groups in total. The highest BCUT2D eigenvalue weighted by atomic mass is 35.6. The Bertz CT molecular complexity index is 39.0. The first kappa shape index (κ1) is 4.98. The fraction of sp³-hybridized carbons (Fsp3) is 1.00. The molecular weight excluding hydrogens is 146 g/mol. The Morgan fingerprint density at radius 2 is 1.83 bits per heavy atom. The molecule has 4 heteroatoms. The van der Waals surface area contributed by atoms with Crippen molar-refractivity contribution >= 4 is 34.8 Å². The van der Waals surface area contributed by atoms with Crippen LogP contribution < -0.4 is 0 Å². The second-order valence-electron chi connectivity index (χ2n) is 0.214. The van der Waals surface area contributed by atoms with Crippen LogP contribution in [0.4, 0.5) is 0 Å². The van der Waals surface area contributed by atoms with Crippen LogP contribution >= 0.6 is 34.8 Å². The van der Waals surface area contributed by atoms with Crippen molar-refractivity contribution in [1.82, 2.24) is 0 Å². The van der Waals surface area contributed by atoms with E-state index >= 15 is 0 Å². The SMILES string of the molecule is [2H]C(Cl)(Cl)Cl.[2H]OC. The maximum absolute atomic E-state index is 6.23. The zero-order chi connectivity index (χ0) is 7.21. The molecule has 0 aromatic rings. The molecule has 0 saturated carbocycles. The van der Waals surface area contributed by atoms with Crippen molar-refractivity contribution in [3.63, 3.8) is 0 Å². The van der Waals surface area contributed by atoms with Crippen molar-refractivity contribution in [3.05, 3.63) is 0 Å². The van der Waals surface area contributed by atoms with E-state index in [0.29, 0.717) is 0 Å². The maximum atomic E-state index is 6.23. The standard InChI is InChI=1S/CHCl3.CH4O/c2-1(3)4;1-2/h1H;2H,1H3/i1D;2D. The second kappa shape index (κ2) is 9.27. The van der Waals surface area contributed by atoms with Gasteiger partial charge in [-0.2, -0.15) is 0 Å². The third-order valence-corrected chi connectivity index (χ3v) is 0. The van der Waals surface area contributed by atoms with E-state index in [4.69, 9.17) is 37.6 Å². The van der Waals surface area contributed by atoms with E-state index in [9.17, 15) is 0 Å². The summed E-state index contributed by atoms with van der Waals surface area (Å²) in [7, 11) is 1.29. The molecule has 0 radical (unpaired) electrons. The fourth-order valence-electron chi connectivity index (χ4n) is 0. The molecule has 0 atom stereocenters. The van der Waals surface area contributed by atoms with Crippen LogP contribution in [-0.4, -0.2) is 17.9 Å². The van der Waals surface area contributed by atoms with Gasteiger partial charge in [-0.1, -0.05) is 34.8 Å². The molecule has 0 spiro atoms. The van der Waals surface area contributed by atoms with Crippen molar-refractivity contribution in [2.24, 2.45) is 0 Å². The predicted octanol–water partition coefficient (Wildman–Crippen LogP) is 1.59. The summed E-state index contributed by atoms with van der Waals surface area (Å²) in [5, 5.41) is 3.50. The summed E-state index contributed by atoms with van der Waals surface area (Å²) in [6.45, 7) is 0. The molecule has 6 heavy (non-hydrogen) atoms. The molecule has 0 aliphatic rings. The van der Waals surface area contributed by atoms with Crippen LogP contribution in [0, 0.1) is 0 Å². The molecule has 1 nitrogen and oxygen atoms in total. The van der Waals surface area contributed by atoms with Crippen molar-refractivity contribution in [3.8, 4) is 0 Å². The van der Waals surface area contributed by atoms with Crippen LogP contribution in [0.5, 0.6) is 0 Å². The molecule has 0 aromatic heterocycles. The van der Waals surface area contributed by atoms with Crippen LogP contribution in [0.1, 0.15) is 1.37 Å². The average Bonchev–Trinajstić information content (AvgIpc) is 1.27. The predicted molar refractivity (Wildman–Crippen MR) is 29.5 cm³/mol. The van der Waals surface area contributed by atoms with Crippen LogP contribution in [-0.2, 0) is 0 Å². The van der Waals surface area contributed by atoms with Gasteiger partial charge in [-0.25, -0.2) is 0 Å². The Morgan fingerprint density at radius 1 is 1.83 bits per heavy atom. The molecule has 0 amide bonds. The van der Waals surface area contributed by atoms with Gasteiger partial charge in [0, 0.05) is 7.11 Å². The van der Waals surface area contributed by atoms with E-state index in [2.05, 4.69) is 5.11 Å². The number of hydrogen-bond acceptors (Lipinski definition) is 1. The Hall–Kier alpha value is 0.830. The highest BCUT2D eigenvalue weighted by Gasteiger charge is 1.78. The Balaban J connectivity index is 0. The summed E-state index contributed by atoms with van der Waals surface area (Å²) in [5.74, 6) is 0. The number of alkyl halides is 3. The first-order valence-corrected chi connectivity index (χ1v) is 2.11. The topological polar surface area (TPSA) is 20.2 Å². The first-order chi connectivity index (χ1) is 3.41. The van der Waals surface area contributed by atoms with E-state index in [-0.39, 0.29) is 0 Å². The lowest BCUT2D eigenvalue weighted by atomic mass is 11.8. The van der Waals surface area contributed by atoms with Gasteiger partial charge < -0.3 is 5.11 Å². The van der Waals surface area contributed by atoms with Crippen molar-refractivity contribution in [2.45, 2.75) is 4.27 Å². The summed E-state index contributed by atoms with van der Waals surface area (Å²) in [4.78, 5) is 0. The Kier molecular flexibility index (Phi) is 7.69. The van der Waals surface area contributed by atoms with Crippen LogP contribution in [0.3, 0.4) is 0 Å². The minimum atomic E-state index is -1.83. The Morgan fingerprint density at radius 3 is 1.83 bits per heavy atom. The van der Waals surface area contributed by atoms with Gasteiger partial charge in [-0.15, -0.1) is 0 Å². The normalized spacial score (nSPS) is 13.3. The molecule has 0 aromatic carbocycles. The molecule has 0 aliphatic heterocycles. The number of aliphatic hydroxyl groups excluding tert-OH is 1. The summed E-state index contributed by atoms with van der Waals surface area (Å²) in [6, 6.07) is 0. The summed E-state index contributed by atoms with van der Waals surface area (Å²) >= 11 is 14.2. The quantitative estimate of drug-likeness (QED) is 0.524. The number of halogens is 3. The summed E-state index contributed by atoms with van der Waals surface area (Å²) in [5.41, 5.74) is 0. The van der Waals surface area contributed by atoms with Crippen LogP contribution in [0.15, 0.2) is 0 Å². The minimum absolute atomic E-state index is 1.29. The Labute approximate surface area is 54.7 Å². The largest absolute Gasteiger partial charge is 0.400 e. The van der Waals surface area contributed by atoms with E-state index in [1.807, 2.05) is 0 Å². The molecule has 40 valence electrons. The molecule has 0 saturated heterocycles. The lowest BCUT2D eigenvalue weighted by Gasteiger charge is -1.69. The van der Waals surface area contributed by atoms with Crippen molar-refractivity contribution in [1.29, 1.82) is 1.43 Å². The monoisotopic (exact) mass is 152 g/mol. The molecule has 0 heterocycles. The van der Waals surface area contributed by atoms with Crippen LogP contribution in [0.2, 0.25) is 0 Å². The van der Waals surface area contributed by atoms with E-state index in [0.717, 1.165) is 0 Å². The van der Waals surface area contributed by atoms with Gasteiger partial charge >= 0.3 is 0 Å². The van der Waals surface area contributed by atoms with Gasteiger partial charge in [-0.3, -0.25) is 0 Å². The molecule has 0 unspecified atom stereocenters. The van der Waals surface area contributed by atoms with Gasteiger partial charge in [0.25, 0.3) is 0 Å². The van der Waals surface area contributed by atoms with Gasteiger partial charge in [0.15, 0.2) is 4.27 Å². The molecule has 0 fully saturated rings. The molecular formula is C2H5Cl3O. The maximum Gasteiger partial charge on any atom is 0.210 e. The highest BCUT2D eigenvalue weighted by molar-refractivity contribution is 6.63. The van der Waals surface area contributed by atoms with Crippen molar-refractivity contribution < 1.29 is 6.48 Å². The average molecular weight is 153 g/mol. The van der Waals surface area contributed by atoms with E-state index in [1.165, 1.54) is 7.11 Å². The number of rotatable bonds is 0. The smallest absolute Gasteiger partial charge is 0.210 e. The van der Waals surface area contributed by atoms with Gasteiger partial charge in [0.1, 0.15) is 0 Å². The molecule has 0 aliphatic carbocycles. The van der Waals surface area contributed by atoms with Gasteiger partial charge in [-0.05, 0) is 0 Å². The fourth-order valence-corrected chi connectivity index (χ4v) is 0. The lowest BCUT2D eigenvalue weighted by Crippen LogP contribution is -1.55. The third-order valence-electron chi connectivity index (χ3n) is 0. The lowest BCUT2D eigenvalue weighted by molar-refractivity contribution is 0.399. The van der Waals surface area contributed by atoms with E-state index in [1.54, 1.807) is 0 Å². The zero-order valence-electron chi connectivity index (χ0n) is 5.04. The van der Waals surface area contributed by atoms with Gasteiger partial charge in [0.05, 0.1) is 1.37 Å². The third kappa shape index (κ3) is 103. The molecule has 0 rings (SSSR count). The van der Waals surface area contributed by atoms with Gasteiger partial charge in [0.2, 0.25) is 1.43 Å². The minimum Gasteiger partial charge on any atom is -0.400 e. The van der Waals surface area contributed by atoms with E-state index < -0.39 is 4.27 Å². The second-order valence-corrected chi connectivity index (χ2v) is 1.93. The first-order valence-electron chi connectivity index (χ1n) is 1.88. The highest BCUT2D eigenvalue weighted by Crippen LogP contribution is 2.03. The van der Waals surface area contributed by atoms with Crippen LogP contribution in [0.25, 0.3) is 0 Å². The summed E-state index contributed by atoms with van der Waals surface area (Å²) in [6.07, 6.45) is 0. The molecule has 0 bridgehead atoms. The zero-order valence-corrected chi connectivity index (χ0v) is 5.31. The number of hydrogen-bond donors (Lipinski definition) is 1.